The summed E-state index contributed by atoms with van der Waals surface area (Å²) >= 11 is 0. The van der Waals surface area contributed by atoms with Gasteiger partial charge in [-0.05, 0) is 96.9 Å². The summed E-state index contributed by atoms with van der Waals surface area (Å²) in [6.45, 7) is 0. The minimum absolute atomic E-state index is 0.368. The van der Waals surface area contributed by atoms with Gasteiger partial charge in [-0.1, -0.05) is 152 Å². The third-order valence-electron chi connectivity index (χ3n) is 10.5. The number of aromatic nitrogens is 1. The molecule has 0 amide bonds. The Kier molecular flexibility index (Phi) is 6.38. The third kappa shape index (κ3) is 4.40. The third-order valence-corrected chi connectivity index (χ3v) is 10.5. The first-order valence-electron chi connectivity index (χ1n) is 17.2. The van der Waals surface area contributed by atoms with Crippen molar-refractivity contribution in [2.45, 2.75) is 12.3 Å². The summed E-state index contributed by atoms with van der Waals surface area (Å²) < 4.78 is 2.42. The number of benzene rings is 8. The van der Waals surface area contributed by atoms with Gasteiger partial charge in [-0.15, -0.1) is 0 Å². The van der Waals surface area contributed by atoms with Gasteiger partial charge in [0.05, 0.1) is 11.0 Å². The average molecular weight is 624 g/mol. The number of hydrogen-bond acceptors (Lipinski definition) is 0. The Morgan fingerprint density at radius 1 is 0.449 bits per heavy atom. The molecule has 1 aromatic heterocycles. The van der Waals surface area contributed by atoms with Crippen LogP contribution in [-0.2, 0) is 0 Å². The van der Waals surface area contributed by atoms with E-state index in [9.17, 15) is 0 Å². The van der Waals surface area contributed by atoms with E-state index in [0.29, 0.717) is 5.92 Å². The molecule has 1 aliphatic rings. The molecule has 230 valence electrons. The maximum absolute atomic E-state index is 2.42. The fraction of sp³-hybridized carbons (Fsp3) is 0.0417. The number of nitrogens with zero attached hydrogens (tertiary/aromatic N) is 1. The van der Waals surface area contributed by atoms with E-state index in [-0.39, 0.29) is 0 Å². The van der Waals surface area contributed by atoms with Crippen LogP contribution in [0.2, 0.25) is 0 Å². The van der Waals surface area contributed by atoms with Crippen molar-refractivity contribution in [2.24, 2.45) is 0 Å². The van der Waals surface area contributed by atoms with Gasteiger partial charge in [-0.3, -0.25) is 0 Å². The van der Waals surface area contributed by atoms with E-state index in [1.807, 2.05) is 0 Å². The standard InChI is InChI=1S/C48H33N/c1-2-14-33(15-3-1)47-40-19-6-8-21-42(40)48(43-22-9-7-20-41(43)47)34-25-28-36(29-26-34)49-45-24-11-10-18-39(45)44-31-35(27-30-46(44)49)38-23-12-16-32-13-4-5-17-37(32)38/h1-14,16-31,33H,15H2. The molecule has 10 rings (SSSR count). The van der Waals surface area contributed by atoms with Gasteiger partial charge in [-0.2, -0.15) is 0 Å². The van der Waals surface area contributed by atoms with Crippen molar-refractivity contribution in [2.75, 3.05) is 0 Å². The summed E-state index contributed by atoms with van der Waals surface area (Å²) in [4.78, 5) is 0. The van der Waals surface area contributed by atoms with E-state index in [0.717, 1.165) is 12.1 Å². The molecule has 0 bridgehead atoms. The molecule has 1 aliphatic carbocycles. The first kappa shape index (κ1) is 27.9. The smallest absolute Gasteiger partial charge is 0.0541 e. The molecule has 1 unspecified atom stereocenters. The molecule has 1 nitrogen and oxygen atoms in total. The number of rotatable bonds is 4. The van der Waals surface area contributed by atoms with Crippen LogP contribution in [0.25, 0.3) is 82.1 Å². The Hall–Kier alpha value is -6.18. The molecule has 0 aliphatic heterocycles. The zero-order chi connectivity index (χ0) is 32.3. The molecule has 1 heteroatoms. The van der Waals surface area contributed by atoms with Crippen molar-refractivity contribution in [1.29, 1.82) is 0 Å². The van der Waals surface area contributed by atoms with E-state index in [1.54, 1.807) is 0 Å². The fourth-order valence-electron chi connectivity index (χ4n) is 8.34. The van der Waals surface area contributed by atoms with Gasteiger partial charge < -0.3 is 4.57 Å². The van der Waals surface area contributed by atoms with Crippen LogP contribution >= 0.6 is 0 Å². The molecule has 1 heterocycles. The van der Waals surface area contributed by atoms with Gasteiger partial charge in [0.25, 0.3) is 0 Å². The van der Waals surface area contributed by atoms with Crippen LogP contribution < -0.4 is 0 Å². The van der Waals surface area contributed by atoms with Crippen LogP contribution in [0.4, 0.5) is 0 Å². The van der Waals surface area contributed by atoms with Crippen LogP contribution in [0.3, 0.4) is 0 Å². The Morgan fingerprint density at radius 2 is 1.06 bits per heavy atom. The summed E-state index contributed by atoms with van der Waals surface area (Å²) in [6, 6.07) is 58.2. The average Bonchev–Trinajstić information content (AvgIpc) is 3.51. The summed E-state index contributed by atoms with van der Waals surface area (Å²) in [5, 5.41) is 10.4. The Labute approximate surface area is 285 Å². The topological polar surface area (TPSA) is 4.93 Å². The van der Waals surface area contributed by atoms with Gasteiger partial charge in [0.2, 0.25) is 0 Å². The minimum Gasteiger partial charge on any atom is -0.309 e. The van der Waals surface area contributed by atoms with Crippen molar-refractivity contribution in [1.82, 2.24) is 4.57 Å². The molecule has 0 saturated heterocycles. The highest BCUT2D eigenvalue weighted by Gasteiger charge is 2.20. The number of hydrogen-bond donors (Lipinski definition) is 0. The van der Waals surface area contributed by atoms with Gasteiger partial charge in [-0.25, -0.2) is 0 Å². The predicted molar refractivity (Wildman–Crippen MR) is 210 cm³/mol. The second-order valence-corrected chi connectivity index (χ2v) is 13.2. The normalized spacial score (nSPS) is 14.5. The summed E-state index contributed by atoms with van der Waals surface area (Å²) in [5.41, 5.74) is 10.1. The van der Waals surface area contributed by atoms with E-state index in [4.69, 9.17) is 0 Å². The number of fused-ring (bicyclic) bond motifs is 6. The van der Waals surface area contributed by atoms with E-state index >= 15 is 0 Å². The van der Waals surface area contributed by atoms with E-state index < -0.39 is 0 Å². The molecule has 0 saturated carbocycles. The molecule has 49 heavy (non-hydrogen) atoms. The Morgan fingerprint density at radius 3 is 1.80 bits per heavy atom. The second-order valence-electron chi connectivity index (χ2n) is 13.2. The maximum atomic E-state index is 2.42. The second kappa shape index (κ2) is 11.2. The molecular weight excluding hydrogens is 591 g/mol. The van der Waals surface area contributed by atoms with Crippen LogP contribution in [0.5, 0.6) is 0 Å². The summed E-state index contributed by atoms with van der Waals surface area (Å²) in [5.74, 6) is 0.368. The predicted octanol–water partition coefficient (Wildman–Crippen LogP) is 13.2. The number of para-hydroxylation sites is 1. The highest BCUT2D eigenvalue weighted by atomic mass is 15.0. The summed E-state index contributed by atoms with van der Waals surface area (Å²) in [7, 11) is 0. The Bertz CT molecular complexity index is 2730. The molecule has 0 fully saturated rings. The van der Waals surface area contributed by atoms with Crippen LogP contribution in [0.15, 0.2) is 182 Å². The van der Waals surface area contributed by atoms with Crippen LogP contribution in [0, 0.1) is 0 Å². The minimum atomic E-state index is 0.368. The maximum Gasteiger partial charge on any atom is 0.0541 e. The largest absolute Gasteiger partial charge is 0.309 e. The quantitative estimate of drug-likeness (QED) is 0.172. The SMILES string of the molecule is C1=CCC(c2c3ccccc3c(-c3ccc(-n4c5ccccc5c5cc(-c6cccc7ccccc67)ccc54)cc3)c3ccccc23)C=C1. The molecule has 0 N–H and O–H groups in total. The first-order chi connectivity index (χ1) is 24.3. The lowest BCUT2D eigenvalue weighted by atomic mass is 9.81. The lowest BCUT2D eigenvalue weighted by Gasteiger charge is -2.22. The van der Waals surface area contributed by atoms with Crippen molar-refractivity contribution in [3.63, 3.8) is 0 Å². The van der Waals surface area contributed by atoms with Gasteiger partial charge in [0.1, 0.15) is 0 Å². The van der Waals surface area contributed by atoms with E-state index in [1.165, 1.54) is 81.9 Å². The summed E-state index contributed by atoms with van der Waals surface area (Å²) in [6.07, 6.45) is 10.0. The lowest BCUT2D eigenvalue weighted by Crippen LogP contribution is -2.01. The van der Waals surface area contributed by atoms with Crippen molar-refractivity contribution >= 4 is 54.1 Å². The molecule has 1 atom stereocenters. The molecule has 9 aromatic rings. The van der Waals surface area contributed by atoms with Crippen LogP contribution in [-0.4, -0.2) is 4.57 Å². The van der Waals surface area contributed by atoms with Crippen molar-refractivity contribution in [3.8, 4) is 27.9 Å². The lowest BCUT2D eigenvalue weighted by molar-refractivity contribution is 0.870. The highest BCUT2D eigenvalue weighted by Crippen LogP contribution is 2.44. The molecule has 0 radical (unpaired) electrons. The zero-order valence-corrected chi connectivity index (χ0v) is 27.1. The van der Waals surface area contributed by atoms with Crippen molar-refractivity contribution < 1.29 is 0 Å². The monoisotopic (exact) mass is 623 g/mol. The number of allylic oxidation sites excluding steroid dienone is 4. The molecule has 8 aromatic carbocycles. The van der Waals surface area contributed by atoms with Gasteiger partial charge in [0, 0.05) is 22.4 Å². The molecular formula is C48H33N. The van der Waals surface area contributed by atoms with Crippen molar-refractivity contribution in [3.05, 3.63) is 188 Å². The highest BCUT2D eigenvalue weighted by molar-refractivity contribution is 6.16. The Balaban J connectivity index is 1.14. The van der Waals surface area contributed by atoms with Gasteiger partial charge >= 0.3 is 0 Å². The van der Waals surface area contributed by atoms with Crippen LogP contribution in [0.1, 0.15) is 17.9 Å². The molecule has 0 spiro atoms. The first-order valence-corrected chi connectivity index (χ1v) is 17.2. The zero-order valence-electron chi connectivity index (χ0n) is 27.1. The fourth-order valence-corrected chi connectivity index (χ4v) is 8.34. The van der Waals surface area contributed by atoms with E-state index in [2.05, 4.69) is 187 Å². The van der Waals surface area contributed by atoms with Gasteiger partial charge in [0.15, 0.2) is 0 Å².